The summed E-state index contributed by atoms with van der Waals surface area (Å²) in [4.78, 5) is 27.9. The van der Waals surface area contributed by atoms with Crippen LogP contribution in [-0.2, 0) is 4.74 Å². The Morgan fingerprint density at radius 1 is 1.15 bits per heavy atom. The zero-order valence-corrected chi connectivity index (χ0v) is 14.8. The van der Waals surface area contributed by atoms with E-state index in [1.807, 2.05) is 19.1 Å². The van der Waals surface area contributed by atoms with E-state index in [2.05, 4.69) is 15.2 Å². The summed E-state index contributed by atoms with van der Waals surface area (Å²) in [6.45, 7) is 5.42. The van der Waals surface area contributed by atoms with E-state index < -0.39 is 5.97 Å². The fourth-order valence-corrected chi connectivity index (χ4v) is 2.43. The second kappa shape index (κ2) is 7.26. The number of fused-ring (bicyclic) bond motifs is 1. The van der Waals surface area contributed by atoms with Crippen molar-refractivity contribution in [2.24, 2.45) is 10.2 Å². The highest BCUT2D eigenvalue weighted by molar-refractivity contribution is 5.94. The minimum atomic E-state index is -0.547. The number of esters is 1. The molecule has 26 heavy (non-hydrogen) atoms. The van der Waals surface area contributed by atoms with Crippen LogP contribution in [0.1, 0.15) is 40.3 Å². The number of azo groups is 1. The second-order valence-corrected chi connectivity index (χ2v) is 5.74. The van der Waals surface area contributed by atoms with Gasteiger partial charge in [0, 0.05) is 11.8 Å². The third kappa shape index (κ3) is 3.51. The van der Waals surface area contributed by atoms with Crippen molar-refractivity contribution in [3.05, 3.63) is 59.4 Å². The van der Waals surface area contributed by atoms with Crippen molar-refractivity contribution in [2.75, 3.05) is 6.61 Å². The highest BCUT2D eigenvalue weighted by atomic mass is 16.5. The molecule has 0 unspecified atom stereocenters. The van der Waals surface area contributed by atoms with Crippen LogP contribution in [0.25, 0.3) is 5.65 Å². The molecule has 7 nitrogen and oxygen atoms in total. The normalized spacial score (nSPS) is 11.2. The van der Waals surface area contributed by atoms with Gasteiger partial charge < -0.3 is 4.74 Å². The maximum absolute atomic E-state index is 12.2. The number of nitrogens with zero attached hydrogens (tertiary/aromatic N) is 4. The van der Waals surface area contributed by atoms with E-state index in [9.17, 15) is 9.59 Å². The Hall–Kier alpha value is -3.35. The first kappa shape index (κ1) is 17.5. The lowest BCUT2D eigenvalue weighted by molar-refractivity contribution is 0.0521. The lowest BCUT2D eigenvalue weighted by Gasteiger charge is -2.00. The Balaban J connectivity index is 2.03. The molecule has 0 N–H and O–H groups in total. The topological polar surface area (TPSA) is 85.4 Å². The van der Waals surface area contributed by atoms with Gasteiger partial charge in [0.1, 0.15) is 5.65 Å². The number of aryl methyl sites for hydroxylation is 1. The quantitative estimate of drug-likeness (QED) is 0.387. The van der Waals surface area contributed by atoms with E-state index in [1.165, 1.54) is 6.92 Å². The van der Waals surface area contributed by atoms with Crippen LogP contribution in [0.3, 0.4) is 0 Å². The summed E-state index contributed by atoms with van der Waals surface area (Å²) in [6.07, 6.45) is 1.79. The van der Waals surface area contributed by atoms with Crippen molar-refractivity contribution >= 4 is 28.9 Å². The Labute approximate surface area is 150 Å². The van der Waals surface area contributed by atoms with E-state index in [4.69, 9.17) is 4.74 Å². The van der Waals surface area contributed by atoms with Crippen LogP contribution in [0.5, 0.6) is 0 Å². The molecule has 3 aromatic rings. The number of hydrogen-bond acceptors (Lipinski definition) is 6. The summed E-state index contributed by atoms with van der Waals surface area (Å²) < 4.78 is 6.76. The van der Waals surface area contributed by atoms with E-state index in [-0.39, 0.29) is 18.1 Å². The van der Waals surface area contributed by atoms with Crippen LogP contribution in [0.15, 0.2) is 52.8 Å². The molecule has 0 aliphatic heterocycles. The maximum Gasteiger partial charge on any atom is 0.360 e. The number of ketones is 1. The predicted molar refractivity (Wildman–Crippen MR) is 96.5 cm³/mol. The molecule has 0 aliphatic carbocycles. The number of Topliss-reactive ketones (excluding diaryl/α,β-unsaturated/α-hetero) is 1. The highest BCUT2D eigenvalue weighted by Crippen LogP contribution is 2.25. The van der Waals surface area contributed by atoms with Crippen LogP contribution < -0.4 is 0 Å². The average molecular weight is 350 g/mol. The Morgan fingerprint density at radius 2 is 1.88 bits per heavy atom. The molecule has 132 valence electrons. The monoisotopic (exact) mass is 350 g/mol. The summed E-state index contributed by atoms with van der Waals surface area (Å²) in [7, 11) is 0. The molecule has 0 saturated heterocycles. The fraction of sp³-hybridized carbons (Fsp3) is 0.211. The molecule has 7 heteroatoms. The van der Waals surface area contributed by atoms with Crippen molar-refractivity contribution in [1.29, 1.82) is 0 Å². The fourth-order valence-electron chi connectivity index (χ4n) is 2.43. The van der Waals surface area contributed by atoms with Gasteiger partial charge in [-0.25, -0.2) is 9.78 Å². The van der Waals surface area contributed by atoms with Crippen LogP contribution in [-0.4, -0.2) is 27.7 Å². The van der Waals surface area contributed by atoms with Crippen LogP contribution in [0.2, 0.25) is 0 Å². The first-order chi connectivity index (χ1) is 12.5. The molecule has 0 atom stereocenters. The number of benzene rings is 1. The standard InChI is InChI=1S/C19H18N4O3/c1-4-26-19(25)17-18(23-10-9-12(2)11-16(23)20-17)22-21-15-7-5-14(6-8-15)13(3)24/h5-11H,4H2,1-3H3. The second-order valence-electron chi connectivity index (χ2n) is 5.74. The summed E-state index contributed by atoms with van der Waals surface area (Å²) >= 11 is 0. The number of aromatic nitrogens is 2. The van der Waals surface area contributed by atoms with Gasteiger partial charge in [0.25, 0.3) is 0 Å². The largest absolute Gasteiger partial charge is 0.461 e. The van der Waals surface area contributed by atoms with Crippen LogP contribution >= 0.6 is 0 Å². The average Bonchev–Trinajstić information content (AvgIpc) is 2.98. The molecular weight excluding hydrogens is 332 g/mol. The van der Waals surface area contributed by atoms with Crippen molar-refractivity contribution in [3.8, 4) is 0 Å². The van der Waals surface area contributed by atoms with E-state index in [1.54, 1.807) is 41.8 Å². The molecule has 1 aromatic carbocycles. The Kier molecular flexibility index (Phi) is 4.88. The van der Waals surface area contributed by atoms with E-state index in [0.29, 0.717) is 22.7 Å². The van der Waals surface area contributed by atoms with Crippen molar-refractivity contribution in [1.82, 2.24) is 9.38 Å². The molecule has 0 saturated carbocycles. The van der Waals surface area contributed by atoms with Crippen LogP contribution in [0.4, 0.5) is 11.5 Å². The predicted octanol–water partition coefficient (Wildman–Crippen LogP) is 4.44. The molecule has 0 amide bonds. The van der Waals surface area contributed by atoms with Crippen molar-refractivity contribution in [2.45, 2.75) is 20.8 Å². The Morgan fingerprint density at radius 3 is 2.54 bits per heavy atom. The molecular formula is C19H18N4O3. The first-order valence-corrected chi connectivity index (χ1v) is 8.18. The summed E-state index contributed by atoms with van der Waals surface area (Å²) in [5, 5.41) is 8.38. The lowest BCUT2D eigenvalue weighted by Crippen LogP contribution is -2.05. The molecule has 0 fully saturated rings. The van der Waals surface area contributed by atoms with Gasteiger partial charge >= 0.3 is 5.97 Å². The summed E-state index contributed by atoms with van der Waals surface area (Å²) in [5.74, 6) is -0.265. The smallest absolute Gasteiger partial charge is 0.360 e. The zero-order valence-electron chi connectivity index (χ0n) is 14.8. The molecule has 0 bridgehead atoms. The number of imidazole rings is 1. The SMILES string of the molecule is CCOC(=O)c1nc2cc(C)ccn2c1N=Nc1ccc(C(C)=O)cc1. The van der Waals surface area contributed by atoms with Gasteiger partial charge in [-0.15, -0.1) is 10.2 Å². The zero-order chi connectivity index (χ0) is 18.7. The van der Waals surface area contributed by atoms with Gasteiger partial charge in [0.15, 0.2) is 17.3 Å². The molecule has 3 rings (SSSR count). The molecule has 0 radical (unpaired) electrons. The summed E-state index contributed by atoms with van der Waals surface area (Å²) in [6, 6.07) is 10.5. The lowest BCUT2D eigenvalue weighted by atomic mass is 10.1. The van der Waals surface area contributed by atoms with Gasteiger partial charge in [0.05, 0.1) is 12.3 Å². The number of carbonyl (C=O) groups is 2. The van der Waals surface area contributed by atoms with Crippen LogP contribution in [0, 0.1) is 6.92 Å². The van der Waals surface area contributed by atoms with E-state index >= 15 is 0 Å². The van der Waals surface area contributed by atoms with Gasteiger partial charge in [-0.2, -0.15) is 0 Å². The summed E-state index contributed by atoms with van der Waals surface area (Å²) in [5.41, 5.74) is 2.88. The third-order valence-corrected chi connectivity index (χ3v) is 3.76. The van der Waals surface area contributed by atoms with Gasteiger partial charge in [-0.1, -0.05) is 0 Å². The molecule has 2 aromatic heterocycles. The van der Waals surface area contributed by atoms with Crippen molar-refractivity contribution in [3.63, 3.8) is 0 Å². The number of carbonyl (C=O) groups excluding carboxylic acids is 2. The van der Waals surface area contributed by atoms with Gasteiger partial charge in [-0.05, 0) is 62.7 Å². The molecule has 2 heterocycles. The number of pyridine rings is 1. The molecule has 0 spiro atoms. The minimum absolute atomic E-state index is 0.0183. The highest BCUT2D eigenvalue weighted by Gasteiger charge is 2.20. The first-order valence-electron chi connectivity index (χ1n) is 8.18. The third-order valence-electron chi connectivity index (χ3n) is 3.76. The number of ether oxygens (including phenoxy) is 1. The number of rotatable bonds is 5. The van der Waals surface area contributed by atoms with Crippen molar-refractivity contribution < 1.29 is 14.3 Å². The Bertz CT molecular complexity index is 1000. The van der Waals surface area contributed by atoms with Gasteiger partial charge in [0.2, 0.25) is 0 Å². The molecule has 0 aliphatic rings. The van der Waals surface area contributed by atoms with Gasteiger partial charge in [-0.3, -0.25) is 9.20 Å². The van der Waals surface area contributed by atoms with E-state index in [0.717, 1.165) is 5.56 Å². The maximum atomic E-state index is 12.2. The minimum Gasteiger partial charge on any atom is -0.461 e. The number of hydrogen-bond donors (Lipinski definition) is 0.